The summed E-state index contributed by atoms with van der Waals surface area (Å²) in [5, 5.41) is 8.37. The largest absolute Gasteiger partial charge is 0.496 e. The number of carbonyl (C=O) groups is 2. The molecule has 0 saturated carbocycles. The number of nitrogens with one attached hydrogen (secondary N) is 3. The van der Waals surface area contributed by atoms with Crippen molar-refractivity contribution in [3.05, 3.63) is 78.4 Å². The summed E-state index contributed by atoms with van der Waals surface area (Å²) >= 11 is 0. The van der Waals surface area contributed by atoms with Gasteiger partial charge in [0, 0.05) is 36.6 Å². The third-order valence-corrected chi connectivity index (χ3v) is 4.62. The van der Waals surface area contributed by atoms with Crippen molar-refractivity contribution in [3.8, 4) is 17.2 Å². The number of methoxy groups -OCH3 is 1. The van der Waals surface area contributed by atoms with Crippen LogP contribution in [0, 0.1) is 0 Å². The van der Waals surface area contributed by atoms with Crippen LogP contribution in [0.3, 0.4) is 0 Å². The van der Waals surface area contributed by atoms with Gasteiger partial charge < -0.3 is 30.3 Å². The van der Waals surface area contributed by atoms with Crippen molar-refractivity contribution in [3.63, 3.8) is 0 Å². The Balaban J connectivity index is 1.61. The van der Waals surface area contributed by atoms with Gasteiger partial charge >= 0.3 is 6.03 Å². The topological polar surface area (TPSA) is 91.9 Å². The number of likely N-dealkylation sites (N-methyl/N-ethyl adjacent to an activating group) is 1. The highest BCUT2D eigenvalue weighted by Gasteiger charge is 2.14. The van der Waals surface area contributed by atoms with Crippen LogP contribution in [-0.4, -0.2) is 51.1 Å². The zero-order valence-corrected chi connectivity index (χ0v) is 18.9. The van der Waals surface area contributed by atoms with Gasteiger partial charge in [0.1, 0.15) is 17.2 Å². The molecule has 0 fully saturated rings. The normalized spacial score (nSPS) is 10.4. The molecule has 3 N–H and O–H groups in total. The molecule has 3 rings (SSSR count). The number of hydrogen-bond acceptors (Lipinski definition) is 5. The molecule has 3 aromatic carbocycles. The predicted octanol–water partition coefficient (Wildman–Crippen LogP) is 4.42. The molecule has 0 saturated heterocycles. The monoisotopic (exact) mass is 448 g/mol. The van der Waals surface area contributed by atoms with E-state index < -0.39 is 6.03 Å². The minimum Gasteiger partial charge on any atom is -0.496 e. The van der Waals surface area contributed by atoms with Gasteiger partial charge in [-0.15, -0.1) is 0 Å². The molecule has 8 nitrogen and oxygen atoms in total. The van der Waals surface area contributed by atoms with E-state index in [2.05, 4.69) is 16.0 Å². The van der Waals surface area contributed by atoms with Crippen molar-refractivity contribution in [2.45, 2.75) is 0 Å². The van der Waals surface area contributed by atoms with E-state index in [1.54, 1.807) is 36.4 Å². The van der Waals surface area contributed by atoms with Gasteiger partial charge in [-0.1, -0.05) is 24.3 Å². The van der Waals surface area contributed by atoms with Gasteiger partial charge in [-0.3, -0.25) is 4.79 Å². The fourth-order valence-electron chi connectivity index (χ4n) is 3.00. The fourth-order valence-corrected chi connectivity index (χ4v) is 3.00. The molecular formula is C25H28N4O4. The number of carbonyl (C=O) groups excluding carboxylic acids is 2. The van der Waals surface area contributed by atoms with E-state index in [9.17, 15) is 9.59 Å². The molecule has 0 aliphatic heterocycles. The molecule has 0 aliphatic carbocycles. The Bertz CT molecular complexity index is 1090. The number of hydrogen-bond donors (Lipinski definition) is 3. The first kappa shape index (κ1) is 23.6. The van der Waals surface area contributed by atoms with E-state index in [1.807, 2.05) is 55.4 Å². The highest BCUT2D eigenvalue weighted by molar-refractivity contribution is 6.01. The summed E-state index contributed by atoms with van der Waals surface area (Å²) in [4.78, 5) is 26.9. The van der Waals surface area contributed by atoms with Crippen LogP contribution in [0.5, 0.6) is 17.2 Å². The first-order valence-corrected chi connectivity index (χ1v) is 10.5. The van der Waals surface area contributed by atoms with Crippen molar-refractivity contribution in [2.75, 3.05) is 44.9 Å². The van der Waals surface area contributed by atoms with E-state index in [1.165, 1.54) is 7.11 Å². The van der Waals surface area contributed by atoms with E-state index in [0.717, 1.165) is 6.54 Å². The summed E-state index contributed by atoms with van der Waals surface area (Å²) in [6, 6.07) is 20.9. The van der Waals surface area contributed by atoms with Gasteiger partial charge in [0.2, 0.25) is 0 Å². The number of amides is 3. The van der Waals surface area contributed by atoms with Gasteiger partial charge in [0.15, 0.2) is 0 Å². The zero-order valence-electron chi connectivity index (χ0n) is 18.9. The second-order valence-electron chi connectivity index (χ2n) is 7.50. The minimum absolute atomic E-state index is 0.236. The van der Waals surface area contributed by atoms with Gasteiger partial charge in [0.05, 0.1) is 12.7 Å². The maximum atomic E-state index is 12.5. The average molecular weight is 449 g/mol. The molecule has 3 aromatic rings. The number of rotatable bonds is 9. The highest BCUT2D eigenvalue weighted by atomic mass is 16.5. The first-order valence-electron chi connectivity index (χ1n) is 10.5. The Morgan fingerprint density at radius 3 is 2.24 bits per heavy atom. The molecule has 0 atom stereocenters. The number of anilines is 2. The Kier molecular flexibility index (Phi) is 8.26. The summed E-state index contributed by atoms with van der Waals surface area (Å²) in [6.45, 7) is 1.25. The van der Waals surface area contributed by atoms with Crippen molar-refractivity contribution >= 4 is 23.3 Å². The molecule has 172 valence electrons. The Hall–Kier alpha value is -4.04. The Labute approximate surface area is 193 Å². The summed E-state index contributed by atoms with van der Waals surface area (Å²) in [7, 11) is 5.35. The van der Waals surface area contributed by atoms with Crippen LogP contribution in [0.2, 0.25) is 0 Å². The second-order valence-corrected chi connectivity index (χ2v) is 7.50. The van der Waals surface area contributed by atoms with Crippen LogP contribution in [-0.2, 0) is 0 Å². The van der Waals surface area contributed by atoms with Gasteiger partial charge in [0.25, 0.3) is 5.91 Å². The third kappa shape index (κ3) is 7.26. The minimum atomic E-state index is -0.433. The van der Waals surface area contributed by atoms with Crippen LogP contribution < -0.4 is 25.4 Å². The SMILES string of the molecule is COc1cc(NC(=O)Nc2cccc(Oc3ccccc3)c2)ccc1C(=O)NCCN(C)C. The van der Waals surface area contributed by atoms with Crippen LogP contribution in [0.25, 0.3) is 0 Å². The van der Waals surface area contributed by atoms with E-state index >= 15 is 0 Å². The highest BCUT2D eigenvalue weighted by Crippen LogP contribution is 2.25. The quantitative estimate of drug-likeness (QED) is 0.451. The summed E-state index contributed by atoms with van der Waals surface area (Å²) in [5.74, 6) is 1.44. The summed E-state index contributed by atoms with van der Waals surface area (Å²) < 4.78 is 11.1. The summed E-state index contributed by atoms with van der Waals surface area (Å²) in [5.41, 5.74) is 1.46. The van der Waals surface area contributed by atoms with Crippen LogP contribution >= 0.6 is 0 Å². The molecule has 8 heteroatoms. The molecule has 0 aromatic heterocycles. The number of urea groups is 1. The lowest BCUT2D eigenvalue weighted by Crippen LogP contribution is -2.31. The van der Waals surface area contributed by atoms with Crippen molar-refractivity contribution in [1.82, 2.24) is 10.2 Å². The van der Waals surface area contributed by atoms with Crippen molar-refractivity contribution < 1.29 is 19.1 Å². The molecular weight excluding hydrogens is 420 g/mol. The van der Waals surface area contributed by atoms with E-state index in [0.29, 0.717) is 40.7 Å². The van der Waals surface area contributed by atoms with Gasteiger partial charge in [-0.2, -0.15) is 0 Å². The third-order valence-electron chi connectivity index (χ3n) is 4.62. The van der Waals surface area contributed by atoms with E-state index in [-0.39, 0.29) is 5.91 Å². The lowest BCUT2D eigenvalue weighted by Gasteiger charge is -2.14. The van der Waals surface area contributed by atoms with E-state index in [4.69, 9.17) is 9.47 Å². The van der Waals surface area contributed by atoms with Gasteiger partial charge in [-0.25, -0.2) is 4.79 Å². The maximum Gasteiger partial charge on any atom is 0.323 e. The molecule has 33 heavy (non-hydrogen) atoms. The van der Waals surface area contributed by atoms with Gasteiger partial charge in [-0.05, 0) is 50.5 Å². The number of para-hydroxylation sites is 1. The predicted molar refractivity (Wildman–Crippen MR) is 129 cm³/mol. The molecule has 0 bridgehead atoms. The first-order chi connectivity index (χ1) is 15.9. The number of benzene rings is 3. The standard InChI is InChI=1S/C25H28N4O4/c1-29(2)15-14-26-24(30)22-13-12-19(17-23(22)32-3)28-25(31)27-18-8-7-11-21(16-18)33-20-9-5-4-6-10-20/h4-13,16-17H,14-15H2,1-3H3,(H,26,30)(H2,27,28,31). The van der Waals surface area contributed by atoms with Crippen molar-refractivity contribution in [1.29, 1.82) is 0 Å². The fraction of sp³-hybridized carbons (Fsp3) is 0.200. The smallest absolute Gasteiger partial charge is 0.323 e. The Morgan fingerprint density at radius 1 is 0.848 bits per heavy atom. The average Bonchev–Trinajstić information content (AvgIpc) is 2.79. The second kappa shape index (κ2) is 11.5. The molecule has 0 spiro atoms. The molecule has 0 radical (unpaired) electrons. The van der Waals surface area contributed by atoms with Crippen LogP contribution in [0.4, 0.5) is 16.2 Å². The van der Waals surface area contributed by atoms with Crippen LogP contribution in [0.1, 0.15) is 10.4 Å². The van der Waals surface area contributed by atoms with Crippen LogP contribution in [0.15, 0.2) is 72.8 Å². The number of ether oxygens (including phenoxy) is 2. The zero-order chi connectivity index (χ0) is 23.6. The number of nitrogens with zero attached hydrogens (tertiary/aromatic N) is 1. The Morgan fingerprint density at radius 2 is 1.55 bits per heavy atom. The van der Waals surface area contributed by atoms with Crippen molar-refractivity contribution in [2.24, 2.45) is 0 Å². The lowest BCUT2D eigenvalue weighted by molar-refractivity contribution is 0.0948. The molecule has 0 unspecified atom stereocenters. The lowest BCUT2D eigenvalue weighted by atomic mass is 10.1. The summed E-state index contributed by atoms with van der Waals surface area (Å²) in [6.07, 6.45) is 0. The maximum absolute atomic E-state index is 12.5. The molecule has 3 amide bonds. The molecule has 0 aliphatic rings. The molecule has 0 heterocycles.